The molecule has 0 bridgehead atoms. The summed E-state index contributed by atoms with van der Waals surface area (Å²) in [6.07, 6.45) is 5.47. The average Bonchev–Trinajstić information content (AvgIpc) is 2.42. The molecule has 5 nitrogen and oxygen atoms in total. The number of aromatic nitrogens is 1. The molecule has 5 heteroatoms. The van der Waals surface area contributed by atoms with Gasteiger partial charge in [-0.1, -0.05) is 6.42 Å². The molecule has 0 aliphatic carbocycles. The highest BCUT2D eigenvalue weighted by Gasteiger charge is 2.10. The Bertz CT molecular complexity index is 424. The molecule has 1 aromatic rings. The largest absolute Gasteiger partial charge is 0.487 e. The van der Waals surface area contributed by atoms with Gasteiger partial charge in [0.15, 0.2) is 5.75 Å². The molecule has 0 unspecified atom stereocenters. The van der Waals surface area contributed by atoms with Crippen molar-refractivity contribution in [1.29, 1.82) is 0 Å². The summed E-state index contributed by atoms with van der Waals surface area (Å²) in [5, 5.41) is 0. The standard InChI is InChI=1S/C13H21N3O2/c14-9-11-8-12(17)13(10-15-11)18-7-6-16-4-2-1-3-5-16/h8,10H,1-7,9,14H2,(H,15,17). The van der Waals surface area contributed by atoms with Gasteiger partial charge in [0.05, 0.1) is 0 Å². The van der Waals surface area contributed by atoms with Crippen LogP contribution < -0.4 is 15.9 Å². The highest BCUT2D eigenvalue weighted by molar-refractivity contribution is 5.20. The smallest absolute Gasteiger partial charge is 0.223 e. The first-order valence-corrected chi connectivity index (χ1v) is 6.56. The number of piperidine rings is 1. The fraction of sp³-hybridized carbons (Fsp3) is 0.615. The molecule has 0 saturated carbocycles. The zero-order valence-corrected chi connectivity index (χ0v) is 10.7. The molecule has 3 N–H and O–H groups in total. The summed E-state index contributed by atoms with van der Waals surface area (Å²) in [5.41, 5.74) is 6.07. The van der Waals surface area contributed by atoms with Crippen LogP contribution in [-0.2, 0) is 6.54 Å². The van der Waals surface area contributed by atoms with Crippen molar-refractivity contribution in [3.05, 3.63) is 28.2 Å². The molecule has 2 rings (SSSR count). The summed E-state index contributed by atoms with van der Waals surface area (Å²) in [6, 6.07) is 1.50. The molecule has 1 aromatic heterocycles. The van der Waals surface area contributed by atoms with E-state index < -0.39 is 0 Å². The molecule has 0 radical (unpaired) electrons. The van der Waals surface area contributed by atoms with Crippen LogP contribution in [0.1, 0.15) is 25.0 Å². The Morgan fingerprint density at radius 2 is 2.11 bits per heavy atom. The van der Waals surface area contributed by atoms with Gasteiger partial charge < -0.3 is 15.5 Å². The number of pyridine rings is 1. The quantitative estimate of drug-likeness (QED) is 0.808. The number of nitrogens with one attached hydrogen (secondary N) is 1. The number of aromatic amines is 1. The third kappa shape index (κ3) is 3.58. The van der Waals surface area contributed by atoms with Crippen molar-refractivity contribution >= 4 is 0 Å². The fourth-order valence-electron chi connectivity index (χ4n) is 2.20. The molecular weight excluding hydrogens is 230 g/mol. The Kier molecular flexibility index (Phi) is 4.78. The van der Waals surface area contributed by atoms with Gasteiger partial charge in [-0.3, -0.25) is 9.69 Å². The van der Waals surface area contributed by atoms with Crippen LogP contribution in [0, 0.1) is 0 Å². The lowest BCUT2D eigenvalue weighted by Crippen LogP contribution is -2.33. The van der Waals surface area contributed by atoms with E-state index in [9.17, 15) is 4.79 Å². The van der Waals surface area contributed by atoms with Gasteiger partial charge in [0.2, 0.25) is 5.43 Å². The second-order valence-corrected chi connectivity index (χ2v) is 4.64. The predicted octanol–water partition coefficient (Wildman–Crippen LogP) is 0.698. The van der Waals surface area contributed by atoms with E-state index in [1.807, 2.05) is 0 Å². The lowest BCUT2D eigenvalue weighted by Gasteiger charge is -2.26. The lowest BCUT2D eigenvalue weighted by atomic mass is 10.1. The summed E-state index contributed by atoms with van der Waals surface area (Å²) in [7, 11) is 0. The maximum Gasteiger partial charge on any atom is 0.223 e. The van der Waals surface area contributed by atoms with Gasteiger partial charge in [0.1, 0.15) is 6.61 Å². The van der Waals surface area contributed by atoms with Gasteiger partial charge >= 0.3 is 0 Å². The third-order valence-corrected chi connectivity index (χ3v) is 3.27. The number of nitrogens with zero attached hydrogens (tertiary/aromatic N) is 1. The number of H-pyrrole nitrogens is 1. The molecule has 100 valence electrons. The Balaban J connectivity index is 1.80. The maximum atomic E-state index is 11.7. The van der Waals surface area contributed by atoms with Crippen molar-refractivity contribution < 1.29 is 4.74 Å². The minimum absolute atomic E-state index is 0.104. The first-order chi connectivity index (χ1) is 8.79. The highest BCUT2D eigenvalue weighted by Crippen LogP contribution is 2.08. The van der Waals surface area contributed by atoms with E-state index in [0.29, 0.717) is 18.9 Å². The van der Waals surface area contributed by atoms with E-state index in [-0.39, 0.29) is 5.43 Å². The van der Waals surface area contributed by atoms with Crippen molar-refractivity contribution in [3.63, 3.8) is 0 Å². The SMILES string of the molecule is NCc1cc(=O)c(OCCN2CCCCC2)c[nH]1. The summed E-state index contributed by atoms with van der Waals surface area (Å²) in [5.74, 6) is 0.379. The van der Waals surface area contributed by atoms with Crippen LogP contribution in [0.2, 0.25) is 0 Å². The van der Waals surface area contributed by atoms with Crippen molar-refractivity contribution in [2.45, 2.75) is 25.8 Å². The Morgan fingerprint density at radius 3 is 2.78 bits per heavy atom. The van der Waals surface area contributed by atoms with E-state index in [1.54, 1.807) is 6.20 Å². The van der Waals surface area contributed by atoms with Crippen LogP contribution in [-0.4, -0.2) is 36.1 Å². The molecule has 2 heterocycles. The number of likely N-dealkylation sites (tertiary alicyclic amines) is 1. The van der Waals surface area contributed by atoms with Crippen molar-refractivity contribution in [2.24, 2.45) is 5.73 Å². The highest BCUT2D eigenvalue weighted by atomic mass is 16.5. The molecule has 1 fully saturated rings. The molecule has 1 aliphatic heterocycles. The summed E-state index contributed by atoms with van der Waals surface area (Å²) >= 11 is 0. The number of ether oxygens (including phenoxy) is 1. The molecule has 18 heavy (non-hydrogen) atoms. The van der Waals surface area contributed by atoms with Crippen LogP contribution in [0.15, 0.2) is 17.1 Å². The van der Waals surface area contributed by atoms with Crippen molar-refractivity contribution in [1.82, 2.24) is 9.88 Å². The van der Waals surface area contributed by atoms with Crippen LogP contribution in [0.4, 0.5) is 0 Å². The Morgan fingerprint density at radius 1 is 1.33 bits per heavy atom. The van der Waals surface area contributed by atoms with Crippen molar-refractivity contribution in [2.75, 3.05) is 26.2 Å². The van der Waals surface area contributed by atoms with Gasteiger partial charge in [0, 0.05) is 31.0 Å². The van der Waals surface area contributed by atoms with Gasteiger partial charge in [0.25, 0.3) is 0 Å². The molecule has 0 atom stereocenters. The molecular formula is C13H21N3O2. The third-order valence-electron chi connectivity index (χ3n) is 3.27. The van der Waals surface area contributed by atoms with Crippen LogP contribution in [0.5, 0.6) is 5.75 Å². The zero-order valence-electron chi connectivity index (χ0n) is 10.7. The molecule has 0 spiro atoms. The van der Waals surface area contributed by atoms with Crippen molar-refractivity contribution in [3.8, 4) is 5.75 Å². The van der Waals surface area contributed by atoms with Crippen LogP contribution in [0.25, 0.3) is 0 Å². The first-order valence-electron chi connectivity index (χ1n) is 6.56. The van der Waals surface area contributed by atoms with Gasteiger partial charge in [-0.15, -0.1) is 0 Å². The van der Waals surface area contributed by atoms with E-state index >= 15 is 0 Å². The van der Waals surface area contributed by atoms with Gasteiger partial charge in [-0.2, -0.15) is 0 Å². The van der Waals surface area contributed by atoms with Crippen LogP contribution in [0.3, 0.4) is 0 Å². The summed E-state index contributed by atoms with van der Waals surface area (Å²) in [4.78, 5) is 17.0. The zero-order chi connectivity index (χ0) is 12.8. The Hall–Kier alpha value is -1.33. The Labute approximate surface area is 107 Å². The van der Waals surface area contributed by atoms with E-state index in [1.165, 1.54) is 25.3 Å². The molecule has 0 aromatic carbocycles. The number of rotatable bonds is 5. The molecule has 1 aliphatic rings. The number of hydrogen-bond donors (Lipinski definition) is 2. The minimum atomic E-state index is -0.104. The fourth-order valence-corrected chi connectivity index (χ4v) is 2.20. The topological polar surface area (TPSA) is 71.4 Å². The first kappa shape index (κ1) is 13.1. The molecule has 1 saturated heterocycles. The molecule has 0 amide bonds. The normalized spacial score (nSPS) is 16.7. The predicted molar refractivity (Wildman–Crippen MR) is 70.7 cm³/mol. The van der Waals surface area contributed by atoms with Gasteiger partial charge in [-0.05, 0) is 25.9 Å². The average molecular weight is 251 g/mol. The number of nitrogens with two attached hydrogens (primary N) is 1. The van der Waals surface area contributed by atoms with E-state index in [2.05, 4.69) is 9.88 Å². The summed E-state index contributed by atoms with van der Waals surface area (Å²) in [6.45, 7) is 4.07. The second kappa shape index (κ2) is 6.56. The maximum absolute atomic E-state index is 11.7. The van der Waals surface area contributed by atoms with E-state index in [0.717, 1.165) is 25.3 Å². The van der Waals surface area contributed by atoms with Gasteiger partial charge in [-0.25, -0.2) is 0 Å². The summed E-state index contributed by atoms with van der Waals surface area (Å²) < 4.78 is 5.51. The van der Waals surface area contributed by atoms with E-state index in [4.69, 9.17) is 10.5 Å². The monoisotopic (exact) mass is 251 g/mol. The lowest BCUT2D eigenvalue weighted by molar-refractivity contribution is 0.182. The minimum Gasteiger partial charge on any atom is -0.487 e. The second-order valence-electron chi connectivity index (χ2n) is 4.64. The number of hydrogen-bond acceptors (Lipinski definition) is 4. The van der Waals surface area contributed by atoms with Crippen LogP contribution >= 0.6 is 0 Å².